The predicted octanol–water partition coefficient (Wildman–Crippen LogP) is 2.09. The Kier molecular flexibility index (Phi) is 9.45. The van der Waals surface area contributed by atoms with E-state index in [1.165, 1.54) is 0 Å². The fourth-order valence-corrected chi connectivity index (χ4v) is 2.10. The number of carbonyl (C=O) groups is 1. The first kappa shape index (κ1) is 23.4. The minimum absolute atomic E-state index is 0.292. The second kappa shape index (κ2) is 11.3. The summed E-state index contributed by atoms with van der Waals surface area (Å²) in [5.41, 5.74) is 6.69. The molecule has 0 saturated heterocycles. The van der Waals surface area contributed by atoms with E-state index in [1.807, 2.05) is 12.2 Å². The van der Waals surface area contributed by atoms with Gasteiger partial charge in [0.25, 0.3) is 0 Å². The molecular formula is C16H19F3N6OS2. The maximum Gasteiger partial charge on any atom is 0.405 e. The third-order valence-corrected chi connectivity index (χ3v) is 3.52. The summed E-state index contributed by atoms with van der Waals surface area (Å²) in [6.07, 6.45) is -3.72. The van der Waals surface area contributed by atoms with Crippen LogP contribution in [0.2, 0.25) is 0 Å². The maximum absolute atomic E-state index is 12.3. The monoisotopic (exact) mass is 432 g/mol. The quantitative estimate of drug-likeness (QED) is 0.227. The molecule has 0 aliphatic heterocycles. The molecule has 7 nitrogen and oxygen atoms in total. The van der Waals surface area contributed by atoms with Crippen LogP contribution < -0.4 is 21.5 Å². The molecular weight excluding hydrogens is 413 g/mol. The Hall–Kier alpha value is -2.60. The van der Waals surface area contributed by atoms with Gasteiger partial charge in [0.1, 0.15) is 18.5 Å². The molecule has 0 aliphatic rings. The Balaban J connectivity index is 3.02. The van der Waals surface area contributed by atoms with E-state index in [4.69, 9.17) is 24.4 Å². The van der Waals surface area contributed by atoms with E-state index >= 15 is 0 Å². The molecule has 12 heteroatoms. The van der Waals surface area contributed by atoms with E-state index in [2.05, 4.69) is 26.4 Å². The minimum atomic E-state index is -4.41. The fraction of sp³-hybridized carbons (Fsp3) is 0.312. The lowest BCUT2D eigenvalue weighted by Crippen LogP contribution is -2.39. The van der Waals surface area contributed by atoms with Gasteiger partial charge in [-0.1, -0.05) is 24.3 Å². The Labute approximate surface area is 170 Å². The van der Waals surface area contributed by atoms with Crippen molar-refractivity contribution in [3.63, 3.8) is 0 Å². The first-order valence-electron chi connectivity index (χ1n) is 7.98. The van der Waals surface area contributed by atoms with Crippen LogP contribution in [0.4, 0.5) is 13.2 Å². The lowest BCUT2D eigenvalue weighted by Gasteiger charge is -2.12. The number of nitrogens with zero attached hydrogens (tertiary/aromatic N) is 2. The fourth-order valence-electron chi connectivity index (χ4n) is 1.79. The van der Waals surface area contributed by atoms with Crippen LogP contribution >= 0.6 is 24.4 Å². The number of rotatable bonds is 7. The van der Waals surface area contributed by atoms with Crippen LogP contribution in [0.3, 0.4) is 0 Å². The van der Waals surface area contributed by atoms with E-state index in [0.717, 1.165) is 0 Å². The van der Waals surface area contributed by atoms with Crippen molar-refractivity contribution in [2.24, 2.45) is 10.2 Å². The van der Waals surface area contributed by atoms with Gasteiger partial charge in [0.15, 0.2) is 10.2 Å². The first-order chi connectivity index (χ1) is 13.2. The number of benzene rings is 1. The van der Waals surface area contributed by atoms with E-state index < -0.39 is 12.7 Å². The van der Waals surface area contributed by atoms with Crippen molar-refractivity contribution in [3.8, 4) is 0 Å². The standard InChI is InChI=1S/C16H19F3N6OS2/c1-3-20-14(27)24-22-10(2)13(12-6-4-11(8-26)5-7-12)23-25-15(28)21-9-16(17,18)19/h4-8H,3,9H2,1-2H3,(H2,20,24,27)(H2,21,25,28). The number of aldehydes is 1. The van der Waals surface area contributed by atoms with Gasteiger partial charge in [0, 0.05) is 17.7 Å². The summed E-state index contributed by atoms with van der Waals surface area (Å²) in [5, 5.41) is 13.0. The number of alkyl halides is 3. The lowest BCUT2D eigenvalue weighted by molar-refractivity contribution is -0.122. The van der Waals surface area contributed by atoms with Gasteiger partial charge in [-0.05, 0) is 38.3 Å². The number of hydrogen-bond donors (Lipinski definition) is 4. The molecule has 1 aromatic carbocycles. The summed E-state index contributed by atoms with van der Waals surface area (Å²) in [4.78, 5) is 10.8. The summed E-state index contributed by atoms with van der Waals surface area (Å²) < 4.78 is 36.8. The Bertz CT molecular complexity index is 763. The smallest absolute Gasteiger partial charge is 0.362 e. The van der Waals surface area contributed by atoms with Crippen molar-refractivity contribution >= 4 is 52.4 Å². The highest BCUT2D eigenvalue weighted by molar-refractivity contribution is 7.80. The number of halogens is 3. The lowest BCUT2D eigenvalue weighted by atomic mass is 10.1. The molecule has 0 unspecified atom stereocenters. The van der Waals surface area contributed by atoms with Crippen LogP contribution in [0.25, 0.3) is 0 Å². The third-order valence-electron chi connectivity index (χ3n) is 3.04. The van der Waals surface area contributed by atoms with Gasteiger partial charge in [-0.25, -0.2) is 0 Å². The molecule has 0 atom stereocenters. The van der Waals surface area contributed by atoms with Crippen molar-refractivity contribution in [1.82, 2.24) is 21.5 Å². The molecule has 0 heterocycles. The molecule has 1 rings (SSSR count). The molecule has 1 aromatic rings. The number of thiocarbonyl (C=S) groups is 2. The SMILES string of the molecule is CCNC(=S)NN=C(C)C(=NNC(=S)NCC(F)(F)F)c1ccc(C=O)cc1. The number of hydrazone groups is 2. The summed E-state index contributed by atoms with van der Waals surface area (Å²) in [5.74, 6) is 0. The zero-order valence-corrected chi connectivity index (χ0v) is 16.7. The topological polar surface area (TPSA) is 89.9 Å². The summed E-state index contributed by atoms with van der Waals surface area (Å²) in [6, 6.07) is 6.39. The highest BCUT2D eigenvalue weighted by atomic mass is 32.1. The minimum Gasteiger partial charge on any atom is -0.362 e. The van der Waals surface area contributed by atoms with Gasteiger partial charge >= 0.3 is 6.18 Å². The third kappa shape index (κ3) is 8.86. The van der Waals surface area contributed by atoms with Crippen molar-refractivity contribution < 1.29 is 18.0 Å². The predicted molar refractivity (Wildman–Crippen MR) is 111 cm³/mol. The zero-order chi connectivity index (χ0) is 21.2. The molecule has 4 N–H and O–H groups in total. The molecule has 0 aliphatic carbocycles. The molecule has 0 aromatic heterocycles. The van der Waals surface area contributed by atoms with Gasteiger partial charge in [0.05, 0.1) is 5.71 Å². The maximum atomic E-state index is 12.3. The molecule has 0 amide bonds. The normalized spacial score (nSPS) is 12.2. The van der Waals surface area contributed by atoms with Gasteiger partial charge in [-0.15, -0.1) is 0 Å². The molecule has 0 spiro atoms. The number of nitrogens with one attached hydrogen (secondary N) is 4. The van der Waals surface area contributed by atoms with Crippen LogP contribution in [0.15, 0.2) is 34.5 Å². The summed E-state index contributed by atoms with van der Waals surface area (Å²) >= 11 is 9.82. The number of carbonyl (C=O) groups excluding carboxylic acids is 1. The van der Waals surface area contributed by atoms with Crippen LogP contribution in [-0.4, -0.2) is 47.2 Å². The average molecular weight is 432 g/mol. The molecule has 0 bridgehead atoms. The molecule has 0 fully saturated rings. The highest BCUT2D eigenvalue weighted by Crippen LogP contribution is 2.12. The second-order valence-corrected chi connectivity index (χ2v) is 6.09. The zero-order valence-electron chi connectivity index (χ0n) is 15.1. The van der Waals surface area contributed by atoms with Gasteiger partial charge < -0.3 is 10.6 Å². The summed E-state index contributed by atoms with van der Waals surface area (Å²) in [6.45, 7) is 2.81. The van der Waals surface area contributed by atoms with Crippen molar-refractivity contribution in [1.29, 1.82) is 0 Å². The average Bonchev–Trinajstić information content (AvgIpc) is 2.65. The largest absolute Gasteiger partial charge is 0.405 e. The van der Waals surface area contributed by atoms with Crippen LogP contribution in [0.5, 0.6) is 0 Å². The first-order valence-corrected chi connectivity index (χ1v) is 8.80. The van der Waals surface area contributed by atoms with E-state index in [1.54, 1.807) is 31.2 Å². The number of hydrogen-bond acceptors (Lipinski definition) is 5. The van der Waals surface area contributed by atoms with Crippen molar-refractivity contribution in [3.05, 3.63) is 35.4 Å². The van der Waals surface area contributed by atoms with Gasteiger partial charge in [-0.2, -0.15) is 23.4 Å². The molecule has 152 valence electrons. The Morgan fingerprint density at radius 3 is 2.18 bits per heavy atom. The van der Waals surface area contributed by atoms with Gasteiger partial charge in [-0.3, -0.25) is 15.6 Å². The van der Waals surface area contributed by atoms with Crippen LogP contribution in [0.1, 0.15) is 29.8 Å². The van der Waals surface area contributed by atoms with E-state index in [-0.39, 0.29) is 5.11 Å². The van der Waals surface area contributed by atoms with Gasteiger partial charge in [0.2, 0.25) is 0 Å². The second-order valence-electron chi connectivity index (χ2n) is 5.28. The van der Waals surface area contributed by atoms with E-state index in [0.29, 0.717) is 40.5 Å². The Morgan fingerprint density at radius 1 is 1.07 bits per heavy atom. The van der Waals surface area contributed by atoms with Crippen molar-refractivity contribution in [2.75, 3.05) is 13.1 Å². The highest BCUT2D eigenvalue weighted by Gasteiger charge is 2.27. The molecule has 0 saturated carbocycles. The summed E-state index contributed by atoms with van der Waals surface area (Å²) in [7, 11) is 0. The van der Waals surface area contributed by atoms with E-state index in [9.17, 15) is 18.0 Å². The van der Waals surface area contributed by atoms with Crippen LogP contribution in [-0.2, 0) is 0 Å². The molecule has 0 radical (unpaired) electrons. The Morgan fingerprint density at radius 2 is 1.64 bits per heavy atom. The van der Waals surface area contributed by atoms with Crippen molar-refractivity contribution in [2.45, 2.75) is 20.0 Å². The molecule has 28 heavy (non-hydrogen) atoms. The van der Waals surface area contributed by atoms with Crippen LogP contribution in [0, 0.1) is 0 Å².